The Bertz CT molecular complexity index is 2650. The number of benzene rings is 6. The van der Waals surface area contributed by atoms with Crippen LogP contribution in [0.1, 0.15) is 100.0 Å². The van der Waals surface area contributed by atoms with E-state index in [2.05, 4.69) is 177 Å². The summed E-state index contributed by atoms with van der Waals surface area (Å²) in [4.78, 5) is 8.37. The predicted octanol–water partition coefficient (Wildman–Crippen LogP) is 11.4. The smallest absolute Gasteiger partial charge is 0.252 e. The highest BCUT2D eigenvalue weighted by Crippen LogP contribution is 2.66. The summed E-state index contributed by atoms with van der Waals surface area (Å²) >= 11 is 0. The maximum atomic E-state index is 2.92. The molecular formula is C53H52BN3. The summed E-state index contributed by atoms with van der Waals surface area (Å²) in [6.45, 7) is 12.6. The van der Waals surface area contributed by atoms with E-state index in [1.165, 1.54) is 117 Å². The number of hydrogen-bond acceptors (Lipinski definition) is 3. The van der Waals surface area contributed by atoms with Gasteiger partial charge in [0.15, 0.2) is 0 Å². The van der Waals surface area contributed by atoms with Gasteiger partial charge in [-0.2, -0.15) is 0 Å². The molecule has 3 nitrogen and oxygen atoms in total. The summed E-state index contributed by atoms with van der Waals surface area (Å²) in [5.41, 5.74) is 20.9. The number of hydrogen-bond donors (Lipinski definition) is 0. The van der Waals surface area contributed by atoms with Crippen LogP contribution in [-0.4, -0.2) is 17.8 Å². The summed E-state index contributed by atoms with van der Waals surface area (Å²) in [5, 5.41) is 0. The van der Waals surface area contributed by atoms with E-state index in [0.717, 1.165) is 12.8 Å². The number of nitrogens with zero attached hydrogens (tertiary/aromatic N) is 3. The highest BCUT2D eigenvalue weighted by Gasteiger charge is 2.64. The molecule has 2 fully saturated rings. The van der Waals surface area contributed by atoms with Crippen LogP contribution in [0.4, 0.5) is 39.8 Å². The topological polar surface area (TPSA) is 9.72 Å². The zero-order valence-corrected chi connectivity index (χ0v) is 34.2. The third-order valence-corrected chi connectivity index (χ3v) is 16.4. The van der Waals surface area contributed by atoms with Crippen molar-refractivity contribution in [1.29, 1.82) is 0 Å². The molecule has 6 aromatic carbocycles. The molecule has 0 spiro atoms. The third kappa shape index (κ3) is 4.00. The van der Waals surface area contributed by atoms with E-state index in [9.17, 15) is 0 Å². The van der Waals surface area contributed by atoms with Gasteiger partial charge in [-0.1, -0.05) is 124 Å². The highest BCUT2D eigenvalue weighted by molar-refractivity contribution is 7.00. The van der Waals surface area contributed by atoms with E-state index in [0.29, 0.717) is 0 Å². The molecule has 0 N–H and O–H groups in total. The number of aryl methyl sites for hydroxylation is 2. The largest absolute Gasteiger partial charge is 0.335 e. The van der Waals surface area contributed by atoms with Gasteiger partial charge >= 0.3 is 0 Å². The van der Waals surface area contributed by atoms with Crippen molar-refractivity contribution in [3.05, 3.63) is 155 Å². The van der Waals surface area contributed by atoms with Crippen LogP contribution in [0, 0.1) is 13.8 Å². The Morgan fingerprint density at radius 3 is 2.00 bits per heavy atom. The first-order valence-electron chi connectivity index (χ1n) is 21.7. The quantitative estimate of drug-likeness (QED) is 0.167. The molecule has 0 radical (unpaired) electrons. The fourth-order valence-electron chi connectivity index (χ4n) is 14.0. The van der Waals surface area contributed by atoms with Gasteiger partial charge in [-0.05, 0) is 134 Å². The average Bonchev–Trinajstić information content (AvgIpc) is 3.60. The molecule has 0 aromatic heterocycles. The Balaban J connectivity index is 1.22. The van der Waals surface area contributed by atoms with Crippen LogP contribution in [0.15, 0.2) is 127 Å². The van der Waals surface area contributed by atoms with Gasteiger partial charge in [0.2, 0.25) is 0 Å². The SMILES string of the molecule is Cc1cc(C)c2c(c1)N(c1cc3c4c(c1)N1c5c(cccc5C5(c6ccccc6)CCCCC15C)B4c1ccccc1N3c1ccccc1)C1(C)CCCCC21C. The fourth-order valence-corrected chi connectivity index (χ4v) is 14.0. The lowest BCUT2D eigenvalue weighted by atomic mass is 9.33. The van der Waals surface area contributed by atoms with Crippen LogP contribution in [0.3, 0.4) is 0 Å². The summed E-state index contributed by atoms with van der Waals surface area (Å²) in [7, 11) is 0. The normalized spacial score (nSPS) is 27.3. The monoisotopic (exact) mass is 741 g/mol. The maximum Gasteiger partial charge on any atom is 0.252 e. The zero-order valence-electron chi connectivity index (χ0n) is 34.2. The predicted molar refractivity (Wildman–Crippen MR) is 241 cm³/mol. The molecule has 4 unspecified atom stereocenters. The highest BCUT2D eigenvalue weighted by atomic mass is 15.3. The average molecular weight is 742 g/mol. The third-order valence-electron chi connectivity index (χ3n) is 16.4. The molecular weight excluding hydrogens is 689 g/mol. The van der Waals surface area contributed by atoms with Crippen molar-refractivity contribution in [3.63, 3.8) is 0 Å². The fraction of sp³-hybridized carbons (Fsp3) is 0.321. The van der Waals surface area contributed by atoms with Crippen molar-refractivity contribution in [2.24, 2.45) is 0 Å². The molecule has 6 aromatic rings. The van der Waals surface area contributed by atoms with Gasteiger partial charge in [0.1, 0.15) is 0 Å². The maximum absolute atomic E-state index is 2.92. The van der Waals surface area contributed by atoms with Crippen molar-refractivity contribution >= 4 is 62.9 Å². The zero-order chi connectivity index (χ0) is 38.5. The van der Waals surface area contributed by atoms with Crippen molar-refractivity contribution in [1.82, 2.24) is 0 Å². The van der Waals surface area contributed by atoms with Crippen LogP contribution in [0.25, 0.3) is 0 Å². The minimum Gasteiger partial charge on any atom is -0.335 e. The number of fused-ring (bicyclic) bond motifs is 10. The second-order valence-electron chi connectivity index (χ2n) is 19.0. The summed E-state index contributed by atoms with van der Waals surface area (Å²) < 4.78 is 0. The van der Waals surface area contributed by atoms with E-state index in [1.807, 2.05) is 0 Å². The molecule has 4 aliphatic heterocycles. The lowest BCUT2D eigenvalue weighted by Gasteiger charge is -2.54. The second kappa shape index (κ2) is 11.5. The van der Waals surface area contributed by atoms with Gasteiger partial charge in [0.05, 0.1) is 11.1 Å². The van der Waals surface area contributed by atoms with Crippen molar-refractivity contribution < 1.29 is 0 Å². The molecule has 57 heavy (non-hydrogen) atoms. The number of rotatable bonds is 3. The van der Waals surface area contributed by atoms with Crippen LogP contribution >= 0.6 is 0 Å². The minimum atomic E-state index is -0.143. The first kappa shape index (κ1) is 33.9. The molecule has 12 rings (SSSR count). The number of anilines is 7. The Kier molecular flexibility index (Phi) is 6.81. The first-order valence-corrected chi connectivity index (χ1v) is 21.7. The molecule has 282 valence electrons. The van der Waals surface area contributed by atoms with Crippen LogP contribution < -0.4 is 31.1 Å². The lowest BCUT2D eigenvalue weighted by molar-refractivity contribution is 0.194. The van der Waals surface area contributed by atoms with Gasteiger partial charge < -0.3 is 14.7 Å². The Morgan fingerprint density at radius 1 is 0.526 bits per heavy atom. The van der Waals surface area contributed by atoms with E-state index in [-0.39, 0.29) is 28.6 Å². The van der Waals surface area contributed by atoms with Gasteiger partial charge in [-0.3, -0.25) is 0 Å². The van der Waals surface area contributed by atoms with Crippen molar-refractivity contribution in [3.8, 4) is 0 Å². The lowest BCUT2D eigenvalue weighted by Crippen LogP contribution is -2.65. The molecule has 0 amide bonds. The van der Waals surface area contributed by atoms with E-state index >= 15 is 0 Å². The molecule has 4 atom stereocenters. The molecule has 6 aliphatic rings. The number of para-hydroxylation sites is 3. The van der Waals surface area contributed by atoms with E-state index in [4.69, 9.17) is 0 Å². The van der Waals surface area contributed by atoms with Crippen molar-refractivity contribution in [2.75, 3.05) is 14.7 Å². The summed E-state index contributed by atoms with van der Waals surface area (Å²) in [5.74, 6) is 0. The molecule has 0 saturated heterocycles. The second-order valence-corrected chi connectivity index (χ2v) is 19.0. The van der Waals surface area contributed by atoms with Crippen LogP contribution in [0.2, 0.25) is 0 Å². The summed E-state index contributed by atoms with van der Waals surface area (Å²) in [6.07, 6.45) is 9.75. The molecule has 0 bridgehead atoms. The standard InChI is InChI=1S/C53H52BN3/c1-35-31-36(2)47-44(32-35)56(51(4)28-15-14-27-50(47,51)3)39-33-45-48-46(34-39)57-49-40(53(37-19-8-6-9-20-37)30-17-16-29-52(53,57)5)23-18-25-42(49)54(48)41-24-12-13-26-43(41)55(45)38-21-10-7-11-22-38/h6-13,18-26,31-34H,14-17,27-30H2,1-5H3. The van der Waals surface area contributed by atoms with Crippen LogP contribution in [-0.2, 0) is 10.8 Å². The van der Waals surface area contributed by atoms with E-state index < -0.39 is 0 Å². The van der Waals surface area contributed by atoms with Crippen LogP contribution in [0.5, 0.6) is 0 Å². The minimum absolute atomic E-state index is 0.0536. The van der Waals surface area contributed by atoms with Gasteiger partial charge in [0.25, 0.3) is 6.71 Å². The molecule has 4 heteroatoms. The van der Waals surface area contributed by atoms with Crippen molar-refractivity contribution in [2.45, 2.75) is 108 Å². The first-order chi connectivity index (χ1) is 27.7. The Hall–Kier alpha value is -5.22. The van der Waals surface area contributed by atoms with Gasteiger partial charge in [-0.25, -0.2) is 0 Å². The Morgan fingerprint density at radius 2 is 1.19 bits per heavy atom. The Labute approximate surface area is 339 Å². The van der Waals surface area contributed by atoms with E-state index in [1.54, 1.807) is 5.56 Å². The summed E-state index contributed by atoms with van der Waals surface area (Å²) in [6, 6.07) is 49.7. The molecule has 4 heterocycles. The molecule has 2 saturated carbocycles. The molecule has 2 aliphatic carbocycles. The van der Waals surface area contributed by atoms with Gasteiger partial charge in [-0.15, -0.1) is 0 Å². The van der Waals surface area contributed by atoms with Gasteiger partial charge in [0, 0.05) is 50.6 Å².